The number of nitrogens with one attached hydrogen (secondary N) is 1. The summed E-state index contributed by atoms with van der Waals surface area (Å²) in [6.07, 6.45) is 0. The van der Waals surface area contributed by atoms with Crippen LogP contribution in [0.2, 0.25) is 0 Å². The molecule has 0 radical (unpaired) electrons. The van der Waals surface area contributed by atoms with Crippen LogP contribution in [0.25, 0.3) is 0 Å². The third-order valence-electron chi connectivity index (χ3n) is 3.31. The molecular weight excluding hydrogens is 424 g/mol. The zero-order valence-corrected chi connectivity index (χ0v) is 15.9. The molecule has 128 valence electrons. The van der Waals surface area contributed by atoms with Crippen molar-refractivity contribution in [1.29, 1.82) is 0 Å². The highest BCUT2D eigenvalue weighted by Crippen LogP contribution is 2.34. The third kappa shape index (κ3) is 4.37. The van der Waals surface area contributed by atoms with Gasteiger partial charge in [-0.2, -0.15) is 0 Å². The van der Waals surface area contributed by atoms with E-state index in [1.165, 1.54) is 12.1 Å². The first-order valence-electron chi connectivity index (χ1n) is 7.62. The van der Waals surface area contributed by atoms with Gasteiger partial charge in [-0.05, 0) is 73.2 Å². The summed E-state index contributed by atoms with van der Waals surface area (Å²) < 4.78 is 25.3. The van der Waals surface area contributed by atoms with Gasteiger partial charge in [0.2, 0.25) is 0 Å². The van der Waals surface area contributed by atoms with Crippen LogP contribution in [-0.2, 0) is 0 Å². The molecule has 4 nitrogen and oxygen atoms in total. The summed E-state index contributed by atoms with van der Waals surface area (Å²) >= 11 is 2.11. The van der Waals surface area contributed by atoms with E-state index in [1.54, 1.807) is 18.2 Å². The van der Waals surface area contributed by atoms with Crippen LogP contribution in [0.5, 0.6) is 11.5 Å². The molecule has 2 aromatic carbocycles. The summed E-state index contributed by atoms with van der Waals surface area (Å²) in [5, 5.41) is 2.74. The molecule has 0 spiro atoms. The molecule has 0 heterocycles. The number of ether oxygens (including phenoxy) is 2. The third-order valence-corrected chi connectivity index (χ3v) is 4.11. The number of rotatable bonds is 6. The normalized spacial score (nSPS) is 10.4. The van der Waals surface area contributed by atoms with Crippen LogP contribution in [0.15, 0.2) is 30.3 Å². The molecule has 0 aliphatic carbocycles. The van der Waals surface area contributed by atoms with Crippen molar-refractivity contribution >= 4 is 34.2 Å². The lowest BCUT2D eigenvalue weighted by molar-refractivity contribution is 0.102. The van der Waals surface area contributed by atoms with E-state index >= 15 is 0 Å². The maximum absolute atomic E-state index is 13.4. The van der Waals surface area contributed by atoms with Gasteiger partial charge in [-0.15, -0.1) is 0 Å². The smallest absolute Gasteiger partial charge is 0.255 e. The fraction of sp³-hybridized carbons (Fsp3) is 0.278. The van der Waals surface area contributed by atoms with Crippen molar-refractivity contribution < 1.29 is 18.7 Å². The van der Waals surface area contributed by atoms with E-state index in [4.69, 9.17) is 9.47 Å². The summed E-state index contributed by atoms with van der Waals surface area (Å²) in [7, 11) is 0. The highest BCUT2D eigenvalue weighted by atomic mass is 127. The zero-order valence-electron chi connectivity index (χ0n) is 13.8. The number of aryl methyl sites for hydroxylation is 1. The molecule has 1 amide bonds. The van der Waals surface area contributed by atoms with Crippen molar-refractivity contribution in [3.05, 3.63) is 50.8 Å². The van der Waals surface area contributed by atoms with Gasteiger partial charge in [-0.3, -0.25) is 4.79 Å². The molecule has 0 atom stereocenters. The molecule has 0 aromatic heterocycles. The number of hydrogen-bond donors (Lipinski definition) is 1. The fourth-order valence-corrected chi connectivity index (χ4v) is 2.93. The molecule has 0 unspecified atom stereocenters. The monoisotopic (exact) mass is 443 g/mol. The number of hydrogen-bond acceptors (Lipinski definition) is 3. The standard InChI is InChI=1S/C18H19FINO3/c1-4-23-16-9-12(8-14(20)17(16)24-5-2)18(22)21-15-10-13(19)7-6-11(15)3/h6-10H,4-5H2,1-3H3,(H,21,22). The first kappa shape index (κ1) is 18.5. The second-order valence-corrected chi connectivity index (χ2v) is 6.23. The molecule has 6 heteroatoms. The molecule has 0 aliphatic rings. The lowest BCUT2D eigenvalue weighted by Crippen LogP contribution is -2.14. The Hall–Kier alpha value is -1.83. The minimum atomic E-state index is -0.396. The summed E-state index contributed by atoms with van der Waals surface area (Å²) in [5.74, 6) is 0.420. The number of halogens is 2. The minimum absolute atomic E-state index is 0.328. The van der Waals surface area contributed by atoms with E-state index in [1.807, 2.05) is 20.8 Å². The molecule has 0 saturated carbocycles. The molecule has 24 heavy (non-hydrogen) atoms. The van der Waals surface area contributed by atoms with E-state index in [-0.39, 0.29) is 5.91 Å². The minimum Gasteiger partial charge on any atom is -0.490 e. The topological polar surface area (TPSA) is 47.6 Å². The Morgan fingerprint density at radius 2 is 1.88 bits per heavy atom. The van der Waals surface area contributed by atoms with Crippen molar-refractivity contribution in [2.75, 3.05) is 18.5 Å². The molecule has 2 aromatic rings. The number of benzene rings is 2. The summed E-state index contributed by atoms with van der Waals surface area (Å²) in [6.45, 7) is 6.53. The van der Waals surface area contributed by atoms with E-state index in [0.29, 0.717) is 36.0 Å². The maximum Gasteiger partial charge on any atom is 0.255 e. The molecular formula is C18H19FINO3. The SMILES string of the molecule is CCOc1cc(C(=O)Nc2cc(F)ccc2C)cc(I)c1OCC. The first-order chi connectivity index (χ1) is 11.5. The van der Waals surface area contributed by atoms with E-state index < -0.39 is 5.82 Å². The highest BCUT2D eigenvalue weighted by molar-refractivity contribution is 14.1. The number of carbonyl (C=O) groups is 1. The lowest BCUT2D eigenvalue weighted by Gasteiger charge is -2.15. The Morgan fingerprint density at radius 1 is 1.17 bits per heavy atom. The number of anilines is 1. The average Bonchev–Trinajstić information content (AvgIpc) is 2.54. The fourth-order valence-electron chi connectivity index (χ4n) is 2.17. The van der Waals surface area contributed by atoms with E-state index in [9.17, 15) is 9.18 Å². The Labute approximate surface area is 154 Å². The average molecular weight is 443 g/mol. The molecule has 0 fully saturated rings. The predicted molar refractivity (Wildman–Crippen MR) is 101 cm³/mol. The van der Waals surface area contributed by atoms with Crippen molar-refractivity contribution in [3.63, 3.8) is 0 Å². The van der Waals surface area contributed by atoms with Crippen LogP contribution in [-0.4, -0.2) is 19.1 Å². The molecule has 2 rings (SSSR count). The van der Waals surface area contributed by atoms with Crippen molar-refractivity contribution in [3.8, 4) is 11.5 Å². The highest BCUT2D eigenvalue weighted by Gasteiger charge is 2.16. The van der Waals surface area contributed by atoms with E-state index in [0.717, 1.165) is 9.13 Å². The zero-order chi connectivity index (χ0) is 17.7. The molecule has 0 saturated heterocycles. The largest absolute Gasteiger partial charge is 0.490 e. The van der Waals surface area contributed by atoms with Gasteiger partial charge in [-0.1, -0.05) is 6.07 Å². The lowest BCUT2D eigenvalue weighted by atomic mass is 10.1. The molecule has 0 bridgehead atoms. The van der Waals surface area contributed by atoms with Crippen molar-refractivity contribution in [1.82, 2.24) is 0 Å². The van der Waals surface area contributed by atoms with Gasteiger partial charge in [0, 0.05) is 11.3 Å². The van der Waals surface area contributed by atoms with Gasteiger partial charge < -0.3 is 14.8 Å². The van der Waals surface area contributed by atoms with Gasteiger partial charge in [0.15, 0.2) is 11.5 Å². The van der Waals surface area contributed by atoms with Crippen LogP contribution < -0.4 is 14.8 Å². The quantitative estimate of drug-likeness (QED) is 0.654. The Bertz CT molecular complexity index is 749. The predicted octanol–water partition coefficient (Wildman–Crippen LogP) is 4.79. The Kier molecular flexibility index (Phi) is 6.42. The Balaban J connectivity index is 2.33. The van der Waals surface area contributed by atoms with E-state index in [2.05, 4.69) is 27.9 Å². The van der Waals surface area contributed by atoms with Gasteiger partial charge in [0.1, 0.15) is 5.82 Å². The van der Waals surface area contributed by atoms with Crippen molar-refractivity contribution in [2.45, 2.75) is 20.8 Å². The summed E-state index contributed by atoms with van der Waals surface area (Å²) in [5.41, 5.74) is 1.66. The molecule has 0 aliphatic heterocycles. The second-order valence-electron chi connectivity index (χ2n) is 5.06. The van der Waals surface area contributed by atoms with Crippen LogP contribution in [0, 0.1) is 16.3 Å². The first-order valence-corrected chi connectivity index (χ1v) is 8.70. The summed E-state index contributed by atoms with van der Waals surface area (Å²) in [4.78, 5) is 12.5. The van der Waals surface area contributed by atoms with Crippen LogP contribution in [0.1, 0.15) is 29.8 Å². The Morgan fingerprint density at radius 3 is 2.54 bits per heavy atom. The van der Waals surface area contributed by atoms with Crippen LogP contribution in [0.4, 0.5) is 10.1 Å². The van der Waals surface area contributed by atoms with Gasteiger partial charge in [-0.25, -0.2) is 4.39 Å². The van der Waals surface area contributed by atoms with Crippen molar-refractivity contribution in [2.24, 2.45) is 0 Å². The number of carbonyl (C=O) groups excluding carboxylic acids is 1. The van der Waals surface area contributed by atoms with Crippen LogP contribution in [0.3, 0.4) is 0 Å². The number of amides is 1. The van der Waals surface area contributed by atoms with Gasteiger partial charge in [0.25, 0.3) is 5.91 Å². The summed E-state index contributed by atoms with van der Waals surface area (Å²) in [6, 6.07) is 7.64. The molecule has 1 N–H and O–H groups in total. The van der Waals surface area contributed by atoms with Gasteiger partial charge in [0.05, 0.1) is 16.8 Å². The van der Waals surface area contributed by atoms with Gasteiger partial charge >= 0.3 is 0 Å². The maximum atomic E-state index is 13.4. The second kappa shape index (κ2) is 8.32. The van der Waals surface area contributed by atoms with Crippen LogP contribution >= 0.6 is 22.6 Å².